The molecule has 4 heteroatoms. The van der Waals surface area contributed by atoms with Gasteiger partial charge in [0.1, 0.15) is 12.4 Å². The van der Waals surface area contributed by atoms with Crippen molar-refractivity contribution >= 4 is 5.97 Å². The van der Waals surface area contributed by atoms with Crippen LogP contribution in [-0.4, -0.2) is 36.7 Å². The molecule has 0 radical (unpaired) electrons. The lowest BCUT2D eigenvalue weighted by Crippen LogP contribution is -2.36. The first kappa shape index (κ1) is 13.9. The lowest BCUT2D eigenvalue weighted by Gasteiger charge is -2.26. The van der Waals surface area contributed by atoms with Crippen LogP contribution in [0.15, 0.2) is 24.3 Å². The third-order valence-electron chi connectivity index (χ3n) is 3.37. The number of esters is 1. The van der Waals surface area contributed by atoms with Crippen LogP contribution in [0, 0.1) is 0 Å². The lowest BCUT2D eigenvalue weighted by molar-refractivity contribution is -0.144. The summed E-state index contributed by atoms with van der Waals surface area (Å²) in [4.78, 5) is 13.8. The quantitative estimate of drug-likeness (QED) is 0.781. The van der Waals surface area contributed by atoms with Crippen molar-refractivity contribution in [1.82, 2.24) is 4.90 Å². The van der Waals surface area contributed by atoms with E-state index in [2.05, 4.69) is 17.9 Å². The molecule has 0 spiro atoms. The minimum absolute atomic E-state index is 0.131. The minimum atomic E-state index is -0.131. The smallest absolute Gasteiger partial charge is 0.307 e. The Morgan fingerprint density at radius 2 is 2.26 bits per heavy atom. The highest BCUT2D eigenvalue weighted by Gasteiger charge is 2.21. The van der Waals surface area contributed by atoms with Crippen molar-refractivity contribution in [2.24, 2.45) is 0 Å². The molecule has 1 unspecified atom stereocenters. The number of carbonyl (C=O) groups is 1. The molecule has 1 aromatic rings. The van der Waals surface area contributed by atoms with Crippen LogP contribution in [0.25, 0.3) is 0 Å². The molecular weight excluding hydrogens is 242 g/mol. The van der Waals surface area contributed by atoms with Gasteiger partial charge in [0.2, 0.25) is 0 Å². The molecule has 2 rings (SSSR count). The van der Waals surface area contributed by atoms with E-state index in [1.54, 1.807) is 0 Å². The number of hydrogen-bond acceptors (Lipinski definition) is 4. The predicted molar refractivity (Wildman–Crippen MR) is 73.1 cm³/mol. The first-order valence-electron chi connectivity index (χ1n) is 6.81. The Morgan fingerprint density at radius 1 is 1.47 bits per heavy atom. The van der Waals surface area contributed by atoms with Gasteiger partial charge in [-0.3, -0.25) is 9.69 Å². The zero-order chi connectivity index (χ0) is 13.7. The van der Waals surface area contributed by atoms with Gasteiger partial charge in [-0.15, -0.1) is 0 Å². The largest absolute Gasteiger partial charge is 0.492 e. The number of para-hydroxylation sites is 1. The van der Waals surface area contributed by atoms with E-state index >= 15 is 0 Å². The van der Waals surface area contributed by atoms with Crippen LogP contribution in [0.5, 0.6) is 5.75 Å². The highest BCUT2D eigenvalue weighted by Crippen LogP contribution is 2.24. The number of fused-ring (bicyclic) bond motifs is 1. The van der Waals surface area contributed by atoms with Gasteiger partial charge in [0.15, 0.2) is 0 Å². The summed E-state index contributed by atoms with van der Waals surface area (Å²) < 4.78 is 10.7. The van der Waals surface area contributed by atoms with Crippen LogP contribution < -0.4 is 4.74 Å². The van der Waals surface area contributed by atoms with Crippen LogP contribution in [0.4, 0.5) is 0 Å². The lowest BCUT2D eigenvalue weighted by atomic mass is 10.1. The summed E-state index contributed by atoms with van der Waals surface area (Å²) in [6.45, 7) is 6.64. The SMILES string of the molecule is CCOC(=O)CC(C)N1CCOc2ccccc2C1. The van der Waals surface area contributed by atoms with Gasteiger partial charge in [-0.25, -0.2) is 0 Å². The van der Waals surface area contributed by atoms with E-state index in [0.717, 1.165) is 18.8 Å². The summed E-state index contributed by atoms with van der Waals surface area (Å²) in [5.41, 5.74) is 1.18. The second-order valence-electron chi connectivity index (χ2n) is 4.78. The van der Waals surface area contributed by atoms with Gasteiger partial charge >= 0.3 is 5.97 Å². The van der Waals surface area contributed by atoms with E-state index in [4.69, 9.17) is 9.47 Å². The molecule has 19 heavy (non-hydrogen) atoms. The van der Waals surface area contributed by atoms with E-state index in [1.807, 2.05) is 25.1 Å². The van der Waals surface area contributed by atoms with Crippen LogP contribution in [0.1, 0.15) is 25.8 Å². The van der Waals surface area contributed by atoms with Crippen molar-refractivity contribution in [3.63, 3.8) is 0 Å². The molecule has 0 aliphatic carbocycles. The molecular formula is C15H21NO3. The Kier molecular flexibility index (Phi) is 4.80. The average Bonchev–Trinajstić information content (AvgIpc) is 2.61. The first-order chi connectivity index (χ1) is 9.20. The van der Waals surface area contributed by atoms with Gasteiger partial charge in [0, 0.05) is 24.7 Å². The molecule has 1 heterocycles. The zero-order valence-electron chi connectivity index (χ0n) is 11.6. The van der Waals surface area contributed by atoms with Gasteiger partial charge in [-0.05, 0) is 19.9 Å². The minimum Gasteiger partial charge on any atom is -0.492 e. The fraction of sp³-hybridized carbons (Fsp3) is 0.533. The third kappa shape index (κ3) is 3.70. The molecule has 0 saturated heterocycles. The summed E-state index contributed by atoms with van der Waals surface area (Å²) in [5, 5.41) is 0. The van der Waals surface area contributed by atoms with E-state index < -0.39 is 0 Å². The van der Waals surface area contributed by atoms with Crippen molar-refractivity contribution in [1.29, 1.82) is 0 Å². The zero-order valence-corrected chi connectivity index (χ0v) is 11.6. The summed E-state index contributed by atoms with van der Waals surface area (Å²) in [6, 6.07) is 8.23. The van der Waals surface area contributed by atoms with E-state index in [9.17, 15) is 4.79 Å². The van der Waals surface area contributed by atoms with Gasteiger partial charge in [-0.1, -0.05) is 18.2 Å². The first-order valence-corrected chi connectivity index (χ1v) is 6.81. The van der Waals surface area contributed by atoms with Gasteiger partial charge < -0.3 is 9.47 Å². The van der Waals surface area contributed by atoms with Crippen LogP contribution >= 0.6 is 0 Å². The predicted octanol–water partition coefficient (Wildman–Crippen LogP) is 2.22. The standard InChI is InChI=1S/C15H21NO3/c1-3-18-15(17)10-12(2)16-8-9-19-14-7-5-4-6-13(14)11-16/h4-7,12H,3,8-11H2,1-2H3. The maximum atomic E-state index is 11.5. The summed E-state index contributed by atoms with van der Waals surface area (Å²) in [5.74, 6) is 0.821. The Bertz CT molecular complexity index is 433. The van der Waals surface area contributed by atoms with Gasteiger partial charge in [-0.2, -0.15) is 0 Å². The Morgan fingerprint density at radius 3 is 3.05 bits per heavy atom. The molecule has 1 aliphatic heterocycles. The molecule has 4 nitrogen and oxygen atoms in total. The van der Waals surface area contributed by atoms with E-state index in [1.165, 1.54) is 5.56 Å². The number of ether oxygens (including phenoxy) is 2. The highest BCUT2D eigenvalue weighted by molar-refractivity contribution is 5.70. The second kappa shape index (κ2) is 6.57. The molecule has 1 atom stereocenters. The molecule has 0 amide bonds. The fourth-order valence-electron chi connectivity index (χ4n) is 2.31. The van der Waals surface area contributed by atoms with Crippen LogP contribution in [-0.2, 0) is 16.1 Å². The molecule has 1 aromatic carbocycles. The molecule has 0 fully saturated rings. The van der Waals surface area contributed by atoms with E-state index in [0.29, 0.717) is 19.6 Å². The maximum absolute atomic E-state index is 11.5. The average molecular weight is 263 g/mol. The van der Waals surface area contributed by atoms with Crippen molar-refractivity contribution < 1.29 is 14.3 Å². The van der Waals surface area contributed by atoms with E-state index in [-0.39, 0.29) is 12.0 Å². The summed E-state index contributed by atoms with van der Waals surface area (Å²) in [6.07, 6.45) is 0.427. The Balaban J connectivity index is 1.99. The fourth-order valence-corrected chi connectivity index (χ4v) is 2.31. The number of carbonyl (C=O) groups excluding carboxylic acids is 1. The van der Waals surface area contributed by atoms with Crippen molar-refractivity contribution in [3.8, 4) is 5.75 Å². The monoisotopic (exact) mass is 263 g/mol. The van der Waals surface area contributed by atoms with Gasteiger partial charge in [0.05, 0.1) is 13.0 Å². The Labute approximate surface area is 114 Å². The molecule has 0 N–H and O–H groups in total. The number of benzene rings is 1. The van der Waals surface area contributed by atoms with Crippen LogP contribution in [0.3, 0.4) is 0 Å². The normalized spacial score (nSPS) is 16.9. The highest BCUT2D eigenvalue weighted by atomic mass is 16.5. The summed E-state index contributed by atoms with van der Waals surface area (Å²) >= 11 is 0. The Hall–Kier alpha value is -1.55. The van der Waals surface area contributed by atoms with Crippen molar-refractivity contribution in [2.75, 3.05) is 19.8 Å². The number of rotatable bonds is 4. The van der Waals surface area contributed by atoms with Crippen molar-refractivity contribution in [2.45, 2.75) is 32.9 Å². The maximum Gasteiger partial charge on any atom is 0.307 e. The van der Waals surface area contributed by atoms with Crippen molar-refractivity contribution in [3.05, 3.63) is 29.8 Å². The topological polar surface area (TPSA) is 38.8 Å². The molecule has 0 bridgehead atoms. The molecule has 0 saturated carbocycles. The molecule has 1 aliphatic rings. The third-order valence-corrected chi connectivity index (χ3v) is 3.37. The number of hydrogen-bond donors (Lipinski definition) is 0. The summed E-state index contributed by atoms with van der Waals surface area (Å²) in [7, 11) is 0. The van der Waals surface area contributed by atoms with Crippen LogP contribution in [0.2, 0.25) is 0 Å². The molecule has 0 aromatic heterocycles. The second-order valence-corrected chi connectivity index (χ2v) is 4.78. The van der Waals surface area contributed by atoms with Gasteiger partial charge in [0.25, 0.3) is 0 Å². The number of nitrogens with zero attached hydrogens (tertiary/aromatic N) is 1. The molecule has 104 valence electrons.